The van der Waals surface area contributed by atoms with Gasteiger partial charge in [-0.25, -0.2) is 0 Å². The van der Waals surface area contributed by atoms with E-state index in [0.717, 1.165) is 24.5 Å². The minimum absolute atomic E-state index is 0.637. The summed E-state index contributed by atoms with van der Waals surface area (Å²) in [6, 6.07) is 8.15. The Bertz CT molecular complexity index is 610. The van der Waals surface area contributed by atoms with Crippen LogP contribution < -0.4 is 15.1 Å². The van der Waals surface area contributed by atoms with Crippen molar-refractivity contribution >= 4 is 23.1 Å². The molecule has 1 fully saturated rings. The first-order chi connectivity index (χ1) is 10.7. The van der Waals surface area contributed by atoms with Crippen molar-refractivity contribution in [2.24, 2.45) is 0 Å². The van der Waals surface area contributed by atoms with Crippen LogP contribution in [0.15, 0.2) is 30.5 Å². The van der Waals surface area contributed by atoms with Crippen LogP contribution in [0.2, 0.25) is 0 Å². The number of hydrogen-bond acceptors (Lipinski definition) is 7. The van der Waals surface area contributed by atoms with Gasteiger partial charge in [-0.2, -0.15) is 10.1 Å². The largest absolute Gasteiger partial charge is 0.378 e. The van der Waals surface area contributed by atoms with Crippen LogP contribution in [0, 0.1) is 0 Å². The highest BCUT2D eigenvalue weighted by Crippen LogP contribution is 2.19. The molecule has 0 atom stereocenters. The van der Waals surface area contributed by atoms with Gasteiger partial charge in [0.05, 0.1) is 19.4 Å². The number of rotatable bonds is 4. The third-order valence-electron chi connectivity index (χ3n) is 3.50. The van der Waals surface area contributed by atoms with E-state index in [1.54, 1.807) is 6.20 Å². The molecule has 1 aromatic heterocycles. The van der Waals surface area contributed by atoms with Gasteiger partial charge < -0.3 is 19.9 Å². The molecule has 0 aliphatic carbocycles. The van der Waals surface area contributed by atoms with Crippen LogP contribution in [-0.4, -0.2) is 55.6 Å². The number of hydrogen-bond donors (Lipinski definition) is 1. The second kappa shape index (κ2) is 6.57. The number of benzene rings is 1. The Hall–Kier alpha value is -2.41. The average molecular weight is 300 g/mol. The number of nitrogens with zero attached hydrogens (tertiary/aromatic N) is 5. The average Bonchev–Trinajstić information content (AvgIpc) is 2.56. The summed E-state index contributed by atoms with van der Waals surface area (Å²) in [6.07, 6.45) is 1.63. The monoisotopic (exact) mass is 300 g/mol. The summed E-state index contributed by atoms with van der Waals surface area (Å²) in [6.45, 7) is 2.99. The summed E-state index contributed by atoms with van der Waals surface area (Å²) < 4.78 is 5.34. The number of aromatic nitrogens is 3. The molecule has 3 rings (SSSR count). The Balaban J connectivity index is 1.72. The molecule has 0 amide bonds. The Morgan fingerprint density at radius 2 is 1.86 bits per heavy atom. The van der Waals surface area contributed by atoms with Crippen LogP contribution >= 0.6 is 0 Å². The molecule has 7 heteroatoms. The first-order valence-electron chi connectivity index (χ1n) is 7.29. The van der Waals surface area contributed by atoms with Crippen LogP contribution in [0.1, 0.15) is 0 Å². The Morgan fingerprint density at radius 1 is 1.14 bits per heavy atom. The zero-order valence-electron chi connectivity index (χ0n) is 12.9. The summed E-state index contributed by atoms with van der Waals surface area (Å²) in [5, 5.41) is 11.4. The predicted octanol–water partition coefficient (Wildman–Crippen LogP) is 1.52. The van der Waals surface area contributed by atoms with Crippen molar-refractivity contribution in [2.75, 3.05) is 55.5 Å². The van der Waals surface area contributed by atoms with E-state index in [2.05, 4.69) is 42.4 Å². The van der Waals surface area contributed by atoms with Crippen molar-refractivity contribution in [2.45, 2.75) is 0 Å². The van der Waals surface area contributed by atoms with E-state index in [0.29, 0.717) is 25.0 Å². The molecule has 0 saturated carbocycles. The maximum Gasteiger partial charge on any atom is 0.247 e. The van der Waals surface area contributed by atoms with Crippen molar-refractivity contribution in [3.8, 4) is 0 Å². The summed E-state index contributed by atoms with van der Waals surface area (Å²) >= 11 is 0. The van der Waals surface area contributed by atoms with Crippen LogP contribution in [0.3, 0.4) is 0 Å². The predicted molar refractivity (Wildman–Crippen MR) is 86.9 cm³/mol. The lowest BCUT2D eigenvalue weighted by molar-refractivity contribution is 0.122. The highest BCUT2D eigenvalue weighted by atomic mass is 16.5. The molecule has 0 spiro atoms. The molecule has 7 nitrogen and oxygen atoms in total. The molecule has 1 aromatic carbocycles. The van der Waals surface area contributed by atoms with Gasteiger partial charge in [-0.05, 0) is 24.3 Å². The van der Waals surface area contributed by atoms with E-state index in [9.17, 15) is 0 Å². The third kappa shape index (κ3) is 3.43. The fourth-order valence-corrected chi connectivity index (χ4v) is 2.24. The fourth-order valence-electron chi connectivity index (χ4n) is 2.24. The summed E-state index contributed by atoms with van der Waals surface area (Å²) in [7, 11) is 4.04. The number of anilines is 4. The number of nitrogens with one attached hydrogen (secondary N) is 1. The second-order valence-corrected chi connectivity index (χ2v) is 5.31. The molecule has 1 aliphatic heterocycles. The third-order valence-corrected chi connectivity index (χ3v) is 3.50. The van der Waals surface area contributed by atoms with Crippen molar-refractivity contribution < 1.29 is 4.74 Å². The van der Waals surface area contributed by atoms with E-state index in [4.69, 9.17) is 4.74 Å². The quantitative estimate of drug-likeness (QED) is 0.918. The second-order valence-electron chi connectivity index (χ2n) is 5.31. The molecule has 2 heterocycles. The lowest BCUT2D eigenvalue weighted by Crippen LogP contribution is -2.37. The molecule has 0 unspecified atom stereocenters. The van der Waals surface area contributed by atoms with Gasteiger partial charge in [0.1, 0.15) is 0 Å². The molecular weight excluding hydrogens is 280 g/mol. The van der Waals surface area contributed by atoms with Crippen LogP contribution in [0.25, 0.3) is 0 Å². The van der Waals surface area contributed by atoms with Crippen molar-refractivity contribution in [1.29, 1.82) is 0 Å². The van der Waals surface area contributed by atoms with Crippen LogP contribution in [0.5, 0.6) is 0 Å². The summed E-state index contributed by atoms with van der Waals surface area (Å²) in [4.78, 5) is 8.67. The zero-order valence-corrected chi connectivity index (χ0v) is 12.9. The highest BCUT2D eigenvalue weighted by Gasteiger charge is 2.14. The molecule has 22 heavy (non-hydrogen) atoms. The first-order valence-corrected chi connectivity index (χ1v) is 7.29. The van der Waals surface area contributed by atoms with E-state index < -0.39 is 0 Å². The Kier molecular flexibility index (Phi) is 4.34. The van der Waals surface area contributed by atoms with E-state index in [1.165, 1.54) is 0 Å². The van der Waals surface area contributed by atoms with E-state index in [-0.39, 0.29) is 0 Å². The van der Waals surface area contributed by atoms with E-state index in [1.807, 2.05) is 26.2 Å². The summed E-state index contributed by atoms with van der Waals surface area (Å²) in [5.41, 5.74) is 2.12. The normalized spacial score (nSPS) is 14.7. The summed E-state index contributed by atoms with van der Waals surface area (Å²) in [5.74, 6) is 1.33. The van der Waals surface area contributed by atoms with Gasteiger partial charge in [-0.3, -0.25) is 0 Å². The minimum atomic E-state index is 0.637. The smallest absolute Gasteiger partial charge is 0.247 e. The van der Waals surface area contributed by atoms with Gasteiger partial charge in [0, 0.05) is 38.6 Å². The standard InChI is InChI=1S/C15H20N6O/c1-20(2)13-5-3-12(4-6-13)17-14-11-16-19-15(18-14)21-7-9-22-10-8-21/h3-6,11H,7-10H2,1-2H3,(H,17,18,19). The van der Waals surface area contributed by atoms with Gasteiger partial charge >= 0.3 is 0 Å². The van der Waals surface area contributed by atoms with Crippen LogP contribution in [-0.2, 0) is 4.74 Å². The Morgan fingerprint density at radius 3 is 2.55 bits per heavy atom. The molecule has 0 radical (unpaired) electrons. The van der Waals surface area contributed by atoms with Crippen molar-refractivity contribution in [3.63, 3.8) is 0 Å². The lowest BCUT2D eigenvalue weighted by Gasteiger charge is -2.26. The first kappa shape index (κ1) is 14.5. The highest BCUT2D eigenvalue weighted by molar-refractivity contribution is 5.60. The maximum absolute atomic E-state index is 5.34. The van der Waals surface area contributed by atoms with Gasteiger partial charge in [-0.1, -0.05) is 0 Å². The molecule has 1 aliphatic rings. The van der Waals surface area contributed by atoms with Gasteiger partial charge in [0.2, 0.25) is 5.95 Å². The molecule has 116 valence electrons. The van der Waals surface area contributed by atoms with Gasteiger partial charge in [0.15, 0.2) is 5.82 Å². The lowest BCUT2D eigenvalue weighted by atomic mass is 10.2. The zero-order chi connectivity index (χ0) is 15.4. The van der Waals surface area contributed by atoms with Crippen LogP contribution in [0.4, 0.5) is 23.1 Å². The molecular formula is C15H20N6O. The SMILES string of the molecule is CN(C)c1ccc(Nc2cnnc(N3CCOCC3)n2)cc1. The van der Waals surface area contributed by atoms with Crippen molar-refractivity contribution in [1.82, 2.24) is 15.2 Å². The minimum Gasteiger partial charge on any atom is -0.378 e. The molecule has 1 N–H and O–H groups in total. The Labute approximate surface area is 129 Å². The molecule has 0 bridgehead atoms. The fraction of sp³-hybridized carbons (Fsp3) is 0.400. The molecule has 2 aromatic rings. The van der Waals surface area contributed by atoms with Crippen molar-refractivity contribution in [3.05, 3.63) is 30.5 Å². The number of morpholine rings is 1. The molecule has 1 saturated heterocycles. The van der Waals surface area contributed by atoms with E-state index >= 15 is 0 Å². The van der Waals surface area contributed by atoms with Gasteiger partial charge in [-0.15, -0.1) is 5.10 Å². The topological polar surface area (TPSA) is 66.4 Å². The van der Waals surface area contributed by atoms with Gasteiger partial charge in [0.25, 0.3) is 0 Å². The maximum atomic E-state index is 5.34. The number of ether oxygens (including phenoxy) is 1.